The third kappa shape index (κ3) is 3.50. The van der Waals surface area contributed by atoms with Gasteiger partial charge in [0, 0.05) is 16.5 Å². The molecule has 1 aromatic heterocycles. The van der Waals surface area contributed by atoms with E-state index in [1.54, 1.807) is 0 Å². The quantitative estimate of drug-likeness (QED) is 0.181. The molecule has 10 rings (SSSR count). The lowest BCUT2D eigenvalue weighted by molar-refractivity contribution is 0.590. The van der Waals surface area contributed by atoms with Crippen LogP contribution in [0.2, 0.25) is 0 Å². The average Bonchev–Trinajstić information content (AvgIpc) is 3.41. The van der Waals surface area contributed by atoms with Gasteiger partial charge in [0.1, 0.15) is 0 Å². The Morgan fingerprint density at radius 2 is 0.889 bits per heavy atom. The highest BCUT2D eigenvalue weighted by Gasteiger charge is 2.24. The molecule has 0 amide bonds. The highest BCUT2D eigenvalue weighted by atomic mass is 15.0. The molecule has 0 spiro atoms. The number of rotatable bonds is 2. The highest BCUT2D eigenvalue weighted by molar-refractivity contribution is 6.24. The van der Waals surface area contributed by atoms with Crippen LogP contribution >= 0.6 is 0 Å². The normalized spacial score (nSPS) is 12.8. The van der Waals surface area contributed by atoms with Crippen molar-refractivity contribution in [2.24, 2.45) is 0 Å². The molecule has 0 saturated carbocycles. The summed E-state index contributed by atoms with van der Waals surface area (Å²) in [6.45, 7) is 6.80. The zero-order valence-corrected chi connectivity index (χ0v) is 25.6. The maximum atomic E-state index is 2.44. The number of aromatic nitrogens is 1. The average molecular weight is 574 g/mol. The van der Waals surface area contributed by atoms with Crippen LogP contribution < -0.4 is 0 Å². The van der Waals surface area contributed by atoms with Gasteiger partial charge in [0.2, 0.25) is 0 Å². The number of fused-ring (bicyclic) bond motifs is 6. The maximum Gasteiger partial charge on any atom is 0.0547 e. The summed E-state index contributed by atoms with van der Waals surface area (Å²) in [5.74, 6) is 0. The number of nitrogens with zero attached hydrogens (tertiary/aromatic N) is 1. The second-order valence-electron chi connectivity index (χ2n) is 13.9. The van der Waals surface area contributed by atoms with E-state index in [4.69, 9.17) is 0 Å². The maximum absolute atomic E-state index is 2.44. The van der Waals surface area contributed by atoms with Gasteiger partial charge < -0.3 is 4.57 Å². The molecule has 0 bridgehead atoms. The van der Waals surface area contributed by atoms with E-state index in [0.717, 1.165) is 0 Å². The molecular weight excluding hydrogens is 542 g/mol. The molecule has 0 unspecified atom stereocenters. The molecule has 1 heteroatoms. The van der Waals surface area contributed by atoms with E-state index in [1.165, 1.54) is 98.8 Å². The van der Waals surface area contributed by atoms with Gasteiger partial charge in [-0.05, 0) is 131 Å². The van der Waals surface area contributed by atoms with Gasteiger partial charge >= 0.3 is 0 Å². The minimum Gasteiger partial charge on any atom is -0.309 e. The molecule has 0 N–H and O–H groups in total. The molecular formula is C44H31N. The summed E-state index contributed by atoms with van der Waals surface area (Å²) in [7, 11) is 0. The largest absolute Gasteiger partial charge is 0.309 e. The lowest BCUT2D eigenvalue weighted by Crippen LogP contribution is -2.10. The standard InChI is InChI=1S/C44H31N/c1-44(2,3)34-17-14-26(15-18-34)29-12-13-30-22-36-37-23-31-16-19-35(21-33(31)25-39(37)38(36)24-32(30)20-29)45-40-8-4-6-27-10-11-28-7-5-9-41(45)43(28)42(27)40/h4-25H,1-3H3. The van der Waals surface area contributed by atoms with Gasteiger partial charge in [-0.15, -0.1) is 0 Å². The number of hydrogen-bond donors (Lipinski definition) is 0. The third-order valence-electron chi connectivity index (χ3n) is 10.2. The Morgan fingerprint density at radius 1 is 0.400 bits per heavy atom. The SMILES string of the molecule is CC(C)(C)c1ccc(-c2ccc3cc4c(cc3c2)-c2cc3cc(-n5c6cccc7ccc8cccc5c8c76)ccc3cc2-4)cc1. The smallest absolute Gasteiger partial charge is 0.0547 e. The van der Waals surface area contributed by atoms with E-state index >= 15 is 0 Å². The van der Waals surface area contributed by atoms with Crippen molar-refractivity contribution >= 4 is 54.1 Å². The molecule has 1 aliphatic carbocycles. The predicted octanol–water partition coefficient (Wildman–Crippen LogP) is 12.3. The van der Waals surface area contributed by atoms with Crippen molar-refractivity contribution in [2.75, 3.05) is 0 Å². The first kappa shape index (κ1) is 25.0. The van der Waals surface area contributed by atoms with Crippen LogP contribution in [0.1, 0.15) is 26.3 Å². The monoisotopic (exact) mass is 573 g/mol. The molecule has 0 radical (unpaired) electrons. The van der Waals surface area contributed by atoms with E-state index in [1.807, 2.05) is 0 Å². The highest BCUT2D eigenvalue weighted by Crippen LogP contribution is 2.51. The van der Waals surface area contributed by atoms with Crippen LogP contribution in [0.3, 0.4) is 0 Å². The van der Waals surface area contributed by atoms with Crippen molar-refractivity contribution in [3.63, 3.8) is 0 Å². The Labute approximate surface area is 262 Å². The van der Waals surface area contributed by atoms with E-state index < -0.39 is 0 Å². The number of hydrogen-bond acceptors (Lipinski definition) is 0. The van der Waals surface area contributed by atoms with Crippen LogP contribution in [0.5, 0.6) is 0 Å². The summed E-state index contributed by atoms with van der Waals surface area (Å²) in [5.41, 5.74) is 13.2. The molecule has 0 saturated heterocycles. The van der Waals surface area contributed by atoms with Crippen molar-refractivity contribution in [2.45, 2.75) is 26.2 Å². The second kappa shape index (κ2) is 8.61. The topological polar surface area (TPSA) is 4.93 Å². The van der Waals surface area contributed by atoms with Crippen molar-refractivity contribution in [1.82, 2.24) is 4.57 Å². The van der Waals surface area contributed by atoms with Gasteiger partial charge in [0.05, 0.1) is 11.0 Å². The first-order valence-corrected chi connectivity index (χ1v) is 15.9. The third-order valence-corrected chi connectivity index (χ3v) is 10.2. The van der Waals surface area contributed by atoms with E-state index in [-0.39, 0.29) is 5.41 Å². The van der Waals surface area contributed by atoms with E-state index in [0.29, 0.717) is 0 Å². The van der Waals surface area contributed by atoms with E-state index in [2.05, 4.69) is 159 Å². The van der Waals surface area contributed by atoms with Gasteiger partial charge in [-0.2, -0.15) is 0 Å². The number of benzene rings is 8. The van der Waals surface area contributed by atoms with Gasteiger partial charge in [0.25, 0.3) is 0 Å². The molecule has 1 heterocycles. The summed E-state index contributed by atoms with van der Waals surface area (Å²) in [6, 6.07) is 50.3. The summed E-state index contributed by atoms with van der Waals surface area (Å²) in [6.07, 6.45) is 0. The summed E-state index contributed by atoms with van der Waals surface area (Å²) in [4.78, 5) is 0. The zero-order chi connectivity index (χ0) is 30.0. The molecule has 1 nitrogen and oxygen atoms in total. The van der Waals surface area contributed by atoms with Crippen molar-refractivity contribution in [3.05, 3.63) is 139 Å². The van der Waals surface area contributed by atoms with Crippen LogP contribution in [-0.2, 0) is 5.41 Å². The van der Waals surface area contributed by atoms with Gasteiger partial charge in [0.15, 0.2) is 0 Å². The van der Waals surface area contributed by atoms with E-state index in [9.17, 15) is 0 Å². The Morgan fingerprint density at radius 3 is 1.47 bits per heavy atom. The Kier molecular flexibility index (Phi) is 4.78. The predicted molar refractivity (Wildman–Crippen MR) is 193 cm³/mol. The molecule has 0 aliphatic heterocycles. The minimum atomic E-state index is 0.157. The van der Waals surface area contributed by atoms with Gasteiger partial charge in [-0.3, -0.25) is 0 Å². The molecule has 0 atom stereocenters. The molecule has 45 heavy (non-hydrogen) atoms. The van der Waals surface area contributed by atoms with Crippen LogP contribution in [0, 0.1) is 0 Å². The second-order valence-corrected chi connectivity index (χ2v) is 13.9. The van der Waals surface area contributed by atoms with Crippen molar-refractivity contribution in [1.29, 1.82) is 0 Å². The molecule has 0 fully saturated rings. The van der Waals surface area contributed by atoms with Crippen LogP contribution in [0.25, 0.3) is 93.2 Å². The summed E-state index contributed by atoms with van der Waals surface area (Å²) < 4.78 is 2.44. The Hall–Kier alpha value is -5.40. The molecule has 212 valence electrons. The fourth-order valence-corrected chi connectivity index (χ4v) is 7.79. The molecule has 8 aromatic carbocycles. The van der Waals surface area contributed by atoms with Crippen LogP contribution in [0.15, 0.2) is 133 Å². The summed E-state index contributed by atoms with van der Waals surface area (Å²) in [5, 5.41) is 10.5. The molecule has 1 aliphatic rings. The van der Waals surface area contributed by atoms with Crippen LogP contribution in [-0.4, -0.2) is 4.57 Å². The van der Waals surface area contributed by atoms with Crippen molar-refractivity contribution < 1.29 is 0 Å². The minimum absolute atomic E-state index is 0.157. The van der Waals surface area contributed by atoms with Gasteiger partial charge in [-0.25, -0.2) is 0 Å². The zero-order valence-electron chi connectivity index (χ0n) is 25.6. The van der Waals surface area contributed by atoms with Crippen molar-refractivity contribution in [3.8, 4) is 39.1 Å². The fraction of sp³-hybridized carbons (Fsp3) is 0.0909. The first-order valence-electron chi connectivity index (χ1n) is 15.9. The Bertz CT molecular complexity index is 2590. The van der Waals surface area contributed by atoms with Crippen LogP contribution in [0.4, 0.5) is 0 Å². The van der Waals surface area contributed by atoms with Gasteiger partial charge in [-0.1, -0.05) is 99.6 Å². The fourth-order valence-electron chi connectivity index (χ4n) is 7.79. The molecule has 9 aromatic rings. The first-order chi connectivity index (χ1) is 21.9. The lowest BCUT2D eigenvalue weighted by atomic mass is 9.77. The Balaban J connectivity index is 1.09. The summed E-state index contributed by atoms with van der Waals surface area (Å²) >= 11 is 0. The lowest BCUT2D eigenvalue weighted by Gasteiger charge is -2.26.